The third-order valence-corrected chi connectivity index (χ3v) is 6.98. The Morgan fingerprint density at radius 1 is 0.881 bits per heavy atom. The van der Waals surface area contributed by atoms with E-state index in [4.69, 9.17) is 18.9 Å². The Morgan fingerprint density at radius 3 is 2.43 bits per heavy atom. The molecule has 0 N–H and O–H groups in total. The number of fused-ring (bicyclic) bond motifs is 1. The first-order chi connectivity index (χ1) is 20.6. The number of rotatable bonds is 15. The van der Waals surface area contributed by atoms with Crippen molar-refractivity contribution >= 4 is 29.8 Å². The van der Waals surface area contributed by atoms with Crippen LogP contribution in [-0.2, 0) is 25.5 Å². The number of esters is 2. The average molecular weight is 572 g/mol. The van der Waals surface area contributed by atoms with Gasteiger partial charge in [-0.15, -0.1) is 0 Å². The number of carbonyl (C=O) groups excluding carboxylic acids is 2. The maximum absolute atomic E-state index is 12.6. The van der Waals surface area contributed by atoms with Crippen molar-refractivity contribution in [1.29, 1.82) is 0 Å². The van der Waals surface area contributed by atoms with Crippen LogP contribution in [0, 0.1) is 0 Å². The van der Waals surface area contributed by atoms with Gasteiger partial charge in [0.05, 0.1) is 32.1 Å². The summed E-state index contributed by atoms with van der Waals surface area (Å²) in [7, 11) is 0. The average Bonchev–Trinajstić information content (AvgIpc) is 3.01. The van der Waals surface area contributed by atoms with Crippen molar-refractivity contribution < 1.29 is 28.5 Å². The van der Waals surface area contributed by atoms with Gasteiger partial charge in [-0.2, -0.15) is 0 Å². The molecule has 1 heterocycles. The number of anilines is 1. The van der Waals surface area contributed by atoms with Crippen molar-refractivity contribution in [2.75, 3.05) is 37.8 Å². The fourth-order valence-corrected chi connectivity index (χ4v) is 4.87. The minimum atomic E-state index is -0.751. The lowest BCUT2D eigenvalue weighted by Crippen LogP contribution is -2.45. The Hall–Kier alpha value is -4.26. The van der Waals surface area contributed by atoms with Crippen molar-refractivity contribution in [2.45, 2.75) is 52.1 Å². The zero-order chi connectivity index (χ0) is 29.6. The lowest BCUT2D eigenvalue weighted by Gasteiger charge is -2.36. The van der Waals surface area contributed by atoms with Gasteiger partial charge in [0.15, 0.2) is 5.75 Å². The summed E-state index contributed by atoms with van der Waals surface area (Å²) in [6.07, 6.45) is 7.33. The van der Waals surface area contributed by atoms with Crippen molar-refractivity contribution in [3.05, 3.63) is 89.5 Å². The third kappa shape index (κ3) is 9.13. The molecule has 0 fully saturated rings. The smallest absolute Gasteiger partial charge is 0.349 e. The molecular weight excluding hydrogens is 530 g/mol. The molecule has 3 aromatic carbocycles. The molecule has 1 aliphatic heterocycles. The van der Waals surface area contributed by atoms with Gasteiger partial charge in [0.1, 0.15) is 5.75 Å². The van der Waals surface area contributed by atoms with Crippen LogP contribution < -0.4 is 14.4 Å². The minimum absolute atomic E-state index is 0.218. The fourth-order valence-electron chi connectivity index (χ4n) is 4.87. The van der Waals surface area contributed by atoms with Crippen LogP contribution in [0.4, 0.5) is 5.69 Å². The summed E-state index contributed by atoms with van der Waals surface area (Å²) in [5.41, 5.74) is 4.12. The van der Waals surface area contributed by atoms with E-state index in [0.29, 0.717) is 44.9 Å². The molecule has 0 saturated carbocycles. The second kappa shape index (κ2) is 16.2. The first-order valence-electron chi connectivity index (χ1n) is 14.9. The molecule has 0 radical (unpaired) electrons. The molecule has 0 spiro atoms. The highest BCUT2D eigenvalue weighted by atomic mass is 16.6. The third-order valence-electron chi connectivity index (χ3n) is 6.98. The van der Waals surface area contributed by atoms with Crippen LogP contribution in [0.25, 0.3) is 12.2 Å². The minimum Gasteiger partial charge on any atom is -0.494 e. The van der Waals surface area contributed by atoms with Gasteiger partial charge in [-0.3, -0.25) is 4.79 Å². The van der Waals surface area contributed by atoms with Gasteiger partial charge in [0, 0.05) is 18.5 Å². The standard InChI is InChI=1S/C35H41NO6/c1-3-39-33(37)17-11-24-36-26-32(35(38)40-4-2)42-34-29(15-10-16-31(34)36)21-18-28-19-22-30(23-20-28)41-25-9-8-14-27-12-6-5-7-13-27/h5-7,10,12-13,15-16,18-23,32H,3-4,8-9,11,14,17,24-26H2,1-2H3. The molecule has 1 unspecified atom stereocenters. The lowest BCUT2D eigenvalue weighted by molar-refractivity contribution is -0.151. The SMILES string of the molecule is CCOC(=O)CCCN1CC(C(=O)OCC)Oc2c(C=Cc3ccc(OCCCCc4ccccc4)cc3)cccc21. The van der Waals surface area contributed by atoms with Crippen LogP contribution in [0.3, 0.4) is 0 Å². The van der Waals surface area contributed by atoms with Gasteiger partial charge in [-0.25, -0.2) is 4.79 Å². The second-order valence-electron chi connectivity index (χ2n) is 10.1. The second-order valence-corrected chi connectivity index (χ2v) is 10.1. The van der Waals surface area contributed by atoms with Crippen molar-refractivity contribution in [3.63, 3.8) is 0 Å². The van der Waals surface area contributed by atoms with Gasteiger partial charge in [-0.1, -0.05) is 66.7 Å². The molecule has 0 amide bonds. The largest absolute Gasteiger partial charge is 0.494 e. The van der Waals surface area contributed by atoms with Gasteiger partial charge >= 0.3 is 11.9 Å². The number of ether oxygens (including phenoxy) is 4. The molecule has 3 aromatic rings. The molecule has 7 heteroatoms. The number of para-hydroxylation sites is 1. The number of benzene rings is 3. The van der Waals surface area contributed by atoms with Gasteiger partial charge in [0.2, 0.25) is 6.10 Å². The highest BCUT2D eigenvalue weighted by Crippen LogP contribution is 2.38. The normalized spacial score (nSPS) is 14.2. The predicted molar refractivity (Wildman–Crippen MR) is 166 cm³/mol. The molecule has 7 nitrogen and oxygen atoms in total. The van der Waals surface area contributed by atoms with Crippen LogP contribution >= 0.6 is 0 Å². The highest BCUT2D eigenvalue weighted by Gasteiger charge is 2.32. The molecule has 42 heavy (non-hydrogen) atoms. The van der Waals surface area contributed by atoms with E-state index in [-0.39, 0.29) is 12.6 Å². The van der Waals surface area contributed by atoms with E-state index in [0.717, 1.165) is 41.8 Å². The maximum Gasteiger partial charge on any atom is 0.349 e. The first-order valence-corrected chi connectivity index (χ1v) is 14.9. The quantitative estimate of drug-likeness (QED) is 0.114. The monoisotopic (exact) mass is 571 g/mol. The number of hydrogen-bond donors (Lipinski definition) is 0. The Bertz CT molecular complexity index is 1300. The van der Waals surface area contributed by atoms with Crippen molar-refractivity contribution in [3.8, 4) is 11.5 Å². The molecule has 222 valence electrons. The van der Waals surface area contributed by atoms with E-state index in [1.807, 2.05) is 60.7 Å². The number of nitrogens with zero attached hydrogens (tertiary/aromatic N) is 1. The molecule has 1 aliphatic rings. The number of hydrogen-bond acceptors (Lipinski definition) is 7. The van der Waals surface area contributed by atoms with Crippen LogP contribution in [-0.4, -0.2) is 51.0 Å². The molecule has 0 aromatic heterocycles. The molecule has 4 rings (SSSR count). The van der Waals surface area contributed by atoms with E-state index in [2.05, 4.69) is 29.2 Å². The number of unbranched alkanes of at least 4 members (excludes halogenated alkanes) is 1. The summed E-state index contributed by atoms with van der Waals surface area (Å²) in [4.78, 5) is 26.6. The fraction of sp³-hybridized carbons (Fsp3) is 0.371. The molecule has 1 atom stereocenters. The van der Waals surface area contributed by atoms with Gasteiger partial charge in [0.25, 0.3) is 0 Å². The summed E-state index contributed by atoms with van der Waals surface area (Å²) in [5.74, 6) is 0.865. The molecule has 0 aliphatic carbocycles. The summed E-state index contributed by atoms with van der Waals surface area (Å²) in [6, 6.07) is 24.4. The van der Waals surface area contributed by atoms with Gasteiger partial charge < -0.3 is 23.8 Å². The lowest BCUT2D eigenvalue weighted by atomic mass is 10.1. The number of carbonyl (C=O) groups is 2. The predicted octanol–water partition coefficient (Wildman–Crippen LogP) is 6.73. The van der Waals surface area contributed by atoms with Crippen LogP contribution in [0.1, 0.15) is 56.2 Å². The Morgan fingerprint density at radius 2 is 1.67 bits per heavy atom. The Labute approximate surface area is 249 Å². The van der Waals surface area contributed by atoms with E-state index in [9.17, 15) is 9.59 Å². The van der Waals surface area contributed by atoms with Crippen LogP contribution in [0.15, 0.2) is 72.8 Å². The maximum atomic E-state index is 12.6. The summed E-state index contributed by atoms with van der Waals surface area (Å²) < 4.78 is 22.5. The van der Waals surface area contributed by atoms with E-state index in [1.54, 1.807) is 13.8 Å². The van der Waals surface area contributed by atoms with Crippen molar-refractivity contribution in [1.82, 2.24) is 0 Å². The van der Waals surface area contributed by atoms with E-state index < -0.39 is 12.1 Å². The molecular formula is C35H41NO6. The molecule has 0 bridgehead atoms. The highest BCUT2D eigenvalue weighted by molar-refractivity contribution is 5.82. The van der Waals surface area contributed by atoms with E-state index in [1.165, 1.54) is 5.56 Å². The first kappa shape index (κ1) is 30.7. The summed E-state index contributed by atoms with van der Waals surface area (Å²) in [6.45, 7) is 5.86. The zero-order valence-corrected chi connectivity index (χ0v) is 24.6. The molecule has 0 saturated heterocycles. The van der Waals surface area contributed by atoms with Gasteiger partial charge in [-0.05, 0) is 68.9 Å². The van der Waals surface area contributed by atoms with E-state index >= 15 is 0 Å². The van der Waals surface area contributed by atoms with Crippen molar-refractivity contribution in [2.24, 2.45) is 0 Å². The number of aryl methyl sites for hydroxylation is 1. The Balaban J connectivity index is 1.37. The Kier molecular flexibility index (Phi) is 11.9. The topological polar surface area (TPSA) is 74.3 Å². The summed E-state index contributed by atoms with van der Waals surface area (Å²) >= 11 is 0. The zero-order valence-electron chi connectivity index (χ0n) is 24.6. The van der Waals surface area contributed by atoms with Crippen LogP contribution in [0.5, 0.6) is 11.5 Å². The van der Waals surface area contributed by atoms with Crippen LogP contribution in [0.2, 0.25) is 0 Å². The summed E-state index contributed by atoms with van der Waals surface area (Å²) in [5, 5.41) is 0.